The van der Waals surface area contributed by atoms with Crippen molar-refractivity contribution in [1.82, 2.24) is 0 Å². The van der Waals surface area contributed by atoms with E-state index >= 15 is 0 Å². The Morgan fingerprint density at radius 2 is 1.95 bits per heavy atom. The van der Waals surface area contributed by atoms with Gasteiger partial charge in [-0.15, -0.1) is 0 Å². The summed E-state index contributed by atoms with van der Waals surface area (Å²) in [6, 6.07) is 15.6. The lowest BCUT2D eigenvalue weighted by molar-refractivity contribution is 0.184. The average molecular weight is 292 g/mol. The number of ether oxygens (including phenoxy) is 2. The minimum atomic E-state index is 0.571. The van der Waals surface area contributed by atoms with Crippen molar-refractivity contribution in [3.05, 3.63) is 59.1 Å². The summed E-state index contributed by atoms with van der Waals surface area (Å²) in [6.45, 7) is 1.86. The van der Waals surface area contributed by atoms with Crippen LogP contribution in [0.1, 0.15) is 5.56 Å². The first-order chi connectivity index (χ1) is 9.79. The highest BCUT2D eigenvalue weighted by Gasteiger charge is 1.99. The molecule has 0 bridgehead atoms. The van der Waals surface area contributed by atoms with Crippen LogP contribution in [-0.2, 0) is 11.3 Å². The maximum atomic E-state index is 6.06. The summed E-state index contributed by atoms with van der Waals surface area (Å²) < 4.78 is 10.8. The van der Waals surface area contributed by atoms with Crippen LogP contribution in [-0.4, -0.2) is 20.3 Å². The van der Waals surface area contributed by atoms with E-state index in [-0.39, 0.29) is 0 Å². The van der Waals surface area contributed by atoms with Crippen molar-refractivity contribution < 1.29 is 9.47 Å². The van der Waals surface area contributed by atoms with Gasteiger partial charge >= 0.3 is 0 Å². The van der Waals surface area contributed by atoms with Crippen molar-refractivity contribution in [2.75, 3.05) is 25.6 Å². The highest BCUT2D eigenvalue weighted by molar-refractivity contribution is 6.33. The molecule has 20 heavy (non-hydrogen) atoms. The predicted molar refractivity (Wildman–Crippen MR) is 82.6 cm³/mol. The Morgan fingerprint density at radius 3 is 2.75 bits per heavy atom. The van der Waals surface area contributed by atoms with Crippen molar-refractivity contribution in [3.8, 4) is 5.75 Å². The van der Waals surface area contributed by atoms with E-state index in [1.54, 1.807) is 7.11 Å². The monoisotopic (exact) mass is 291 g/mol. The van der Waals surface area contributed by atoms with Crippen LogP contribution in [0.4, 0.5) is 5.69 Å². The summed E-state index contributed by atoms with van der Waals surface area (Å²) >= 11 is 6.06. The maximum Gasteiger partial charge on any atom is 0.119 e. The Balaban J connectivity index is 1.78. The van der Waals surface area contributed by atoms with Crippen LogP contribution in [0.2, 0.25) is 5.02 Å². The second-order valence-electron chi connectivity index (χ2n) is 4.34. The first kappa shape index (κ1) is 14.7. The third-order valence-corrected chi connectivity index (χ3v) is 3.10. The number of para-hydroxylation sites is 1. The third-order valence-electron chi connectivity index (χ3n) is 2.77. The van der Waals surface area contributed by atoms with E-state index in [1.807, 2.05) is 48.5 Å². The summed E-state index contributed by atoms with van der Waals surface area (Å²) in [7, 11) is 1.68. The second kappa shape index (κ2) is 7.78. The molecule has 0 aliphatic carbocycles. The van der Waals surface area contributed by atoms with E-state index in [0.717, 1.165) is 22.0 Å². The molecule has 4 heteroatoms. The standard InChI is InChI=1S/C16H18ClNO2/c1-19-12-13-5-4-6-14(11-13)20-10-9-18-16-8-3-2-7-15(16)17/h2-8,11,18H,9-10,12H2,1H3. The van der Waals surface area contributed by atoms with E-state index < -0.39 is 0 Å². The normalized spacial score (nSPS) is 10.3. The Labute approximate surface area is 124 Å². The lowest BCUT2D eigenvalue weighted by Gasteiger charge is -2.10. The van der Waals surface area contributed by atoms with E-state index in [0.29, 0.717) is 19.8 Å². The SMILES string of the molecule is COCc1cccc(OCCNc2ccccc2Cl)c1. The topological polar surface area (TPSA) is 30.5 Å². The fourth-order valence-electron chi connectivity index (χ4n) is 1.85. The number of benzene rings is 2. The predicted octanol–water partition coefficient (Wildman–Crippen LogP) is 3.98. The number of nitrogens with one attached hydrogen (secondary N) is 1. The molecular weight excluding hydrogens is 274 g/mol. The molecule has 0 unspecified atom stereocenters. The molecule has 2 aromatic rings. The van der Waals surface area contributed by atoms with E-state index in [1.165, 1.54) is 0 Å². The first-order valence-corrected chi connectivity index (χ1v) is 6.86. The van der Waals surface area contributed by atoms with Gasteiger partial charge in [0.1, 0.15) is 12.4 Å². The zero-order valence-corrected chi connectivity index (χ0v) is 12.2. The molecule has 0 aliphatic heterocycles. The highest BCUT2D eigenvalue weighted by Crippen LogP contribution is 2.20. The van der Waals surface area contributed by atoms with Crippen LogP contribution in [0.5, 0.6) is 5.75 Å². The highest BCUT2D eigenvalue weighted by atomic mass is 35.5. The van der Waals surface area contributed by atoms with Crippen molar-refractivity contribution >= 4 is 17.3 Å². The van der Waals surface area contributed by atoms with Crippen molar-refractivity contribution in [1.29, 1.82) is 0 Å². The third kappa shape index (κ3) is 4.44. The van der Waals surface area contributed by atoms with Gasteiger partial charge in [0.05, 0.1) is 17.3 Å². The zero-order valence-electron chi connectivity index (χ0n) is 11.4. The van der Waals surface area contributed by atoms with Crippen molar-refractivity contribution in [3.63, 3.8) is 0 Å². The molecule has 0 amide bonds. The number of methoxy groups -OCH3 is 1. The fraction of sp³-hybridized carbons (Fsp3) is 0.250. The van der Waals surface area contributed by atoms with Gasteiger partial charge in [-0.25, -0.2) is 0 Å². The molecule has 0 aromatic heterocycles. The Hall–Kier alpha value is -1.71. The molecule has 0 atom stereocenters. The van der Waals surface area contributed by atoms with Gasteiger partial charge < -0.3 is 14.8 Å². The van der Waals surface area contributed by atoms with Gasteiger partial charge in [0.15, 0.2) is 0 Å². The Bertz CT molecular complexity index is 546. The molecular formula is C16H18ClNO2. The lowest BCUT2D eigenvalue weighted by atomic mass is 10.2. The van der Waals surface area contributed by atoms with E-state index in [2.05, 4.69) is 5.32 Å². The molecule has 1 N–H and O–H groups in total. The second-order valence-corrected chi connectivity index (χ2v) is 4.74. The van der Waals surface area contributed by atoms with Crippen molar-refractivity contribution in [2.24, 2.45) is 0 Å². The number of anilines is 1. The lowest BCUT2D eigenvalue weighted by Crippen LogP contribution is -2.11. The Morgan fingerprint density at radius 1 is 1.10 bits per heavy atom. The van der Waals surface area contributed by atoms with Crippen LogP contribution in [0.25, 0.3) is 0 Å². The summed E-state index contributed by atoms with van der Waals surface area (Å²) in [5.41, 5.74) is 2.02. The summed E-state index contributed by atoms with van der Waals surface area (Å²) in [6.07, 6.45) is 0. The molecule has 106 valence electrons. The maximum absolute atomic E-state index is 6.06. The van der Waals surface area contributed by atoms with E-state index in [4.69, 9.17) is 21.1 Å². The summed E-state index contributed by atoms with van der Waals surface area (Å²) in [5, 5.41) is 3.96. The zero-order chi connectivity index (χ0) is 14.2. The molecule has 0 saturated carbocycles. The molecule has 2 rings (SSSR count). The number of hydrogen-bond donors (Lipinski definition) is 1. The molecule has 0 fully saturated rings. The minimum absolute atomic E-state index is 0.571. The molecule has 3 nitrogen and oxygen atoms in total. The number of rotatable bonds is 7. The number of halogens is 1. The van der Waals surface area contributed by atoms with Gasteiger partial charge in [-0.05, 0) is 29.8 Å². The quantitative estimate of drug-likeness (QED) is 0.783. The van der Waals surface area contributed by atoms with Crippen LogP contribution in [0.15, 0.2) is 48.5 Å². The van der Waals surface area contributed by atoms with Gasteiger partial charge in [0.25, 0.3) is 0 Å². The van der Waals surface area contributed by atoms with Gasteiger partial charge in [-0.1, -0.05) is 35.9 Å². The Kier molecular flexibility index (Phi) is 5.71. The largest absolute Gasteiger partial charge is 0.492 e. The minimum Gasteiger partial charge on any atom is -0.492 e. The first-order valence-electron chi connectivity index (χ1n) is 6.48. The summed E-state index contributed by atoms with van der Waals surface area (Å²) in [4.78, 5) is 0. The van der Waals surface area contributed by atoms with Gasteiger partial charge in [0.2, 0.25) is 0 Å². The van der Waals surface area contributed by atoms with Crippen LogP contribution in [0.3, 0.4) is 0 Å². The molecule has 0 saturated heterocycles. The molecule has 0 spiro atoms. The summed E-state index contributed by atoms with van der Waals surface area (Å²) in [5.74, 6) is 0.848. The van der Waals surface area contributed by atoms with Crippen LogP contribution < -0.4 is 10.1 Å². The molecule has 2 aromatic carbocycles. The molecule has 0 heterocycles. The fourth-order valence-corrected chi connectivity index (χ4v) is 2.05. The van der Waals surface area contributed by atoms with Crippen molar-refractivity contribution in [2.45, 2.75) is 6.61 Å². The smallest absolute Gasteiger partial charge is 0.119 e. The average Bonchev–Trinajstić information content (AvgIpc) is 2.46. The molecule has 0 aliphatic rings. The van der Waals surface area contributed by atoms with Gasteiger partial charge in [-0.3, -0.25) is 0 Å². The van der Waals surface area contributed by atoms with E-state index in [9.17, 15) is 0 Å². The molecule has 0 radical (unpaired) electrons. The van der Waals surface area contributed by atoms with Gasteiger partial charge in [-0.2, -0.15) is 0 Å². The van der Waals surface area contributed by atoms with Gasteiger partial charge in [0, 0.05) is 13.7 Å². The van der Waals surface area contributed by atoms with Crippen LogP contribution in [0, 0.1) is 0 Å². The number of hydrogen-bond acceptors (Lipinski definition) is 3. The van der Waals surface area contributed by atoms with Crippen LogP contribution >= 0.6 is 11.6 Å².